The molecule has 0 aliphatic heterocycles. The highest BCUT2D eigenvalue weighted by Crippen LogP contribution is 2.63. The van der Waals surface area contributed by atoms with Gasteiger partial charge in [0.05, 0.1) is 5.56 Å². The molecule has 0 heterocycles. The standard InChI is InChI=1S/C16H10F6O4/c17-15(18,19)14(16(20,21)22)10(5-2-6-11(14)13(25)26)8-3-1-4-9(7-8)12(23)24/h1-7,11H,(H,23,24)(H,25,26). The van der Waals surface area contributed by atoms with Crippen LogP contribution in [0.5, 0.6) is 0 Å². The van der Waals surface area contributed by atoms with Crippen LogP contribution in [0.4, 0.5) is 26.3 Å². The average Bonchev–Trinajstić information content (AvgIpc) is 2.51. The minimum atomic E-state index is -6.01. The molecule has 1 aliphatic carbocycles. The molecule has 0 fully saturated rings. The topological polar surface area (TPSA) is 74.6 Å². The quantitative estimate of drug-likeness (QED) is 0.773. The third-order valence-corrected chi connectivity index (χ3v) is 4.04. The SMILES string of the molecule is O=C(O)c1cccc(C2=CC=CC(C(=O)O)C2(C(F)(F)F)C(F)(F)F)c1. The number of alkyl halides is 6. The lowest BCUT2D eigenvalue weighted by molar-refractivity contribution is -0.327. The average molecular weight is 380 g/mol. The van der Waals surface area contributed by atoms with Crippen LogP contribution in [0, 0.1) is 11.3 Å². The molecular weight excluding hydrogens is 370 g/mol. The van der Waals surface area contributed by atoms with Gasteiger partial charge in [-0.25, -0.2) is 4.79 Å². The number of allylic oxidation sites excluding steroid dienone is 3. The number of carboxylic acid groups (broad SMARTS) is 2. The second-order valence-electron chi connectivity index (χ2n) is 5.47. The van der Waals surface area contributed by atoms with E-state index in [4.69, 9.17) is 10.2 Å². The Morgan fingerprint density at radius 2 is 1.58 bits per heavy atom. The summed E-state index contributed by atoms with van der Waals surface area (Å²) in [5.74, 6) is -6.83. The number of carbonyl (C=O) groups is 2. The summed E-state index contributed by atoms with van der Waals surface area (Å²) in [6.45, 7) is 0. The van der Waals surface area contributed by atoms with Crippen LogP contribution in [0.1, 0.15) is 15.9 Å². The zero-order chi connectivity index (χ0) is 19.9. The van der Waals surface area contributed by atoms with Crippen LogP contribution < -0.4 is 0 Å². The molecule has 0 aromatic heterocycles. The highest BCUT2D eigenvalue weighted by Gasteiger charge is 2.77. The molecule has 0 saturated carbocycles. The van der Waals surface area contributed by atoms with E-state index in [1.54, 1.807) is 0 Å². The molecule has 140 valence electrons. The maximum atomic E-state index is 13.7. The lowest BCUT2D eigenvalue weighted by atomic mass is 9.64. The van der Waals surface area contributed by atoms with Crippen molar-refractivity contribution in [1.82, 2.24) is 0 Å². The van der Waals surface area contributed by atoms with Crippen LogP contribution in [-0.4, -0.2) is 34.5 Å². The second-order valence-corrected chi connectivity index (χ2v) is 5.47. The van der Waals surface area contributed by atoms with E-state index in [-0.39, 0.29) is 0 Å². The van der Waals surface area contributed by atoms with Gasteiger partial charge in [-0.3, -0.25) is 4.79 Å². The van der Waals surface area contributed by atoms with Gasteiger partial charge in [0.25, 0.3) is 0 Å². The maximum absolute atomic E-state index is 13.7. The Bertz CT molecular complexity index is 790. The van der Waals surface area contributed by atoms with Gasteiger partial charge in [0.1, 0.15) is 5.92 Å². The van der Waals surface area contributed by atoms with Crippen LogP contribution >= 0.6 is 0 Å². The van der Waals surface area contributed by atoms with Gasteiger partial charge in [0, 0.05) is 0 Å². The molecule has 26 heavy (non-hydrogen) atoms. The predicted molar refractivity (Wildman–Crippen MR) is 76.2 cm³/mol. The van der Waals surface area contributed by atoms with Crippen molar-refractivity contribution in [3.8, 4) is 0 Å². The molecule has 0 amide bonds. The molecule has 2 rings (SSSR count). The number of aliphatic carboxylic acids is 1. The molecule has 1 unspecified atom stereocenters. The Labute approximate surface area is 142 Å². The molecule has 10 heteroatoms. The second kappa shape index (κ2) is 6.19. The smallest absolute Gasteiger partial charge is 0.408 e. The van der Waals surface area contributed by atoms with Crippen LogP contribution in [0.15, 0.2) is 42.5 Å². The number of halogens is 6. The monoisotopic (exact) mass is 380 g/mol. The molecule has 1 aromatic carbocycles. The van der Waals surface area contributed by atoms with E-state index in [0.29, 0.717) is 18.2 Å². The number of carboxylic acids is 2. The molecule has 0 radical (unpaired) electrons. The first kappa shape index (κ1) is 19.5. The fourth-order valence-corrected chi connectivity index (χ4v) is 2.94. The van der Waals surface area contributed by atoms with E-state index < -0.39 is 52.3 Å². The molecule has 0 bridgehead atoms. The normalized spacial score (nSPS) is 19.8. The van der Waals surface area contributed by atoms with Crippen molar-refractivity contribution in [2.24, 2.45) is 11.3 Å². The Morgan fingerprint density at radius 1 is 1.00 bits per heavy atom. The van der Waals surface area contributed by atoms with E-state index in [1.807, 2.05) is 0 Å². The third kappa shape index (κ3) is 2.85. The van der Waals surface area contributed by atoms with Gasteiger partial charge in [0.2, 0.25) is 5.41 Å². The van der Waals surface area contributed by atoms with Gasteiger partial charge in [0.15, 0.2) is 0 Å². The summed E-state index contributed by atoms with van der Waals surface area (Å²) >= 11 is 0. The fraction of sp³-hybridized carbons (Fsp3) is 0.250. The maximum Gasteiger partial charge on any atom is 0.408 e. The van der Waals surface area contributed by atoms with Gasteiger partial charge >= 0.3 is 24.3 Å². The van der Waals surface area contributed by atoms with Crippen molar-refractivity contribution in [3.63, 3.8) is 0 Å². The first-order valence-electron chi connectivity index (χ1n) is 6.93. The predicted octanol–water partition coefficient (Wildman–Crippen LogP) is 4.15. The number of hydrogen-bond donors (Lipinski definition) is 2. The molecule has 0 spiro atoms. The minimum absolute atomic E-state index is 0.313. The molecule has 1 atom stereocenters. The summed E-state index contributed by atoms with van der Waals surface area (Å²) < 4.78 is 82.3. The molecule has 4 nitrogen and oxygen atoms in total. The molecule has 0 saturated heterocycles. The van der Waals surface area contributed by atoms with Crippen molar-refractivity contribution >= 4 is 17.5 Å². The van der Waals surface area contributed by atoms with Crippen molar-refractivity contribution in [1.29, 1.82) is 0 Å². The first-order valence-corrected chi connectivity index (χ1v) is 6.93. The summed E-state index contributed by atoms with van der Waals surface area (Å²) in [7, 11) is 0. The van der Waals surface area contributed by atoms with Gasteiger partial charge in [-0.1, -0.05) is 30.4 Å². The van der Waals surface area contributed by atoms with E-state index in [2.05, 4.69) is 0 Å². The van der Waals surface area contributed by atoms with Crippen molar-refractivity contribution < 1.29 is 46.1 Å². The lowest BCUT2D eigenvalue weighted by Crippen LogP contribution is -2.57. The summed E-state index contributed by atoms with van der Waals surface area (Å²) in [5.41, 5.74) is -7.33. The van der Waals surface area contributed by atoms with Crippen molar-refractivity contribution in [2.75, 3.05) is 0 Å². The molecular formula is C16H10F6O4. The van der Waals surface area contributed by atoms with Crippen LogP contribution in [-0.2, 0) is 4.79 Å². The number of rotatable bonds is 3. The lowest BCUT2D eigenvalue weighted by Gasteiger charge is -2.43. The largest absolute Gasteiger partial charge is 0.481 e. The summed E-state index contributed by atoms with van der Waals surface area (Å²) in [4.78, 5) is 22.2. The van der Waals surface area contributed by atoms with Gasteiger partial charge in [-0.05, 0) is 23.3 Å². The number of hydrogen-bond acceptors (Lipinski definition) is 2. The molecule has 1 aliphatic rings. The van der Waals surface area contributed by atoms with E-state index >= 15 is 0 Å². The van der Waals surface area contributed by atoms with Crippen LogP contribution in [0.25, 0.3) is 5.57 Å². The van der Waals surface area contributed by atoms with E-state index in [0.717, 1.165) is 24.3 Å². The third-order valence-electron chi connectivity index (χ3n) is 4.04. The number of aromatic carboxylic acids is 1. The Morgan fingerprint density at radius 3 is 2.04 bits per heavy atom. The van der Waals surface area contributed by atoms with Crippen LogP contribution in [0.3, 0.4) is 0 Å². The first-order chi connectivity index (χ1) is 11.8. The zero-order valence-electron chi connectivity index (χ0n) is 12.6. The minimum Gasteiger partial charge on any atom is -0.481 e. The highest BCUT2D eigenvalue weighted by molar-refractivity contribution is 5.90. The highest BCUT2D eigenvalue weighted by atomic mass is 19.4. The summed E-state index contributed by atoms with van der Waals surface area (Å²) in [5, 5.41) is 18.0. The number of benzene rings is 1. The van der Waals surface area contributed by atoms with Gasteiger partial charge < -0.3 is 10.2 Å². The van der Waals surface area contributed by atoms with Gasteiger partial charge in [-0.15, -0.1) is 0 Å². The van der Waals surface area contributed by atoms with E-state index in [1.165, 1.54) is 0 Å². The molecule has 1 aromatic rings. The summed E-state index contributed by atoms with van der Waals surface area (Å²) in [6.07, 6.45) is -10.4. The Kier molecular flexibility index (Phi) is 4.65. The van der Waals surface area contributed by atoms with Crippen LogP contribution in [0.2, 0.25) is 0 Å². The summed E-state index contributed by atoms with van der Waals surface area (Å²) in [6, 6.07) is 3.47. The van der Waals surface area contributed by atoms with Crippen molar-refractivity contribution in [2.45, 2.75) is 12.4 Å². The van der Waals surface area contributed by atoms with E-state index in [9.17, 15) is 35.9 Å². The Balaban J connectivity index is 2.87. The Hall–Kier alpha value is -2.78. The zero-order valence-corrected chi connectivity index (χ0v) is 12.6. The fourth-order valence-electron chi connectivity index (χ4n) is 2.94. The van der Waals surface area contributed by atoms with Gasteiger partial charge in [-0.2, -0.15) is 26.3 Å². The van der Waals surface area contributed by atoms with Crippen molar-refractivity contribution in [3.05, 3.63) is 53.6 Å². The molecule has 2 N–H and O–H groups in total.